The molecule has 1 saturated heterocycles. The number of anilines is 1. The summed E-state index contributed by atoms with van der Waals surface area (Å²) >= 11 is 0. The van der Waals surface area contributed by atoms with E-state index in [2.05, 4.69) is 22.0 Å². The van der Waals surface area contributed by atoms with Gasteiger partial charge in [-0.3, -0.25) is 5.10 Å². The second-order valence-corrected chi connectivity index (χ2v) is 9.66. The van der Waals surface area contributed by atoms with E-state index in [1.54, 1.807) is 29.1 Å². The van der Waals surface area contributed by atoms with E-state index in [1.807, 2.05) is 24.3 Å². The predicted molar refractivity (Wildman–Crippen MR) is 117 cm³/mol. The molecule has 1 N–H and O–H groups in total. The Bertz CT molecular complexity index is 1350. The van der Waals surface area contributed by atoms with Gasteiger partial charge in [0.2, 0.25) is 0 Å². The molecule has 0 radical (unpaired) electrons. The molecule has 5 rings (SSSR count). The van der Waals surface area contributed by atoms with Gasteiger partial charge >= 0.3 is 0 Å². The van der Waals surface area contributed by atoms with Crippen molar-refractivity contribution in [2.75, 3.05) is 30.9 Å². The van der Waals surface area contributed by atoms with Crippen molar-refractivity contribution in [1.82, 2.24) is 25.0 Å². The van der Waals surface area contributed by atoms with Crippen LogP contribution < -0.4 is 4.90 Å². The number of benzene rings is 1. The van der Waals surface area contributed by atoms with Gasteiger partial charge in [-0.1, -0.05) is 6.07 Å². The quantitative estimate of drug-likeness (QED) is 0.522. The number of nitrogens with one attached hydrogen (secondary N) is 1. The average Bonchev–Trinajstić information content (AvgIpc) is 3.41. The third kappa shape index (κ3) is 3.57. The number of aromatic amines is 1. The summed E-state index contributed by atoms with van der Waals surface area (Å²) in [6, 6.07) is 12.7. The van der Waals surface area contributed by atoms with Gasteiger partial charge in [0.1, 0.15) is 22.7 Å². The Morgan fingerprint density at radius 1 is 1.19 bits per heavy atom. The summed E-state index contributed by atoms with van der Waals surface area (Å²) in [7, 11) is -3.34. The molecule has 0 unspecified atom stereocenters. The molecule has 4 aromatic rings. The molecule has 160 valence electrons. The normalized spacial score (nSPS) is 17.4. The van der Waals surface area contributed by atoms with Crippen LogP contribution in [0.1, 0.15) is 6.92 Å². The minimum absolute atomic E-state index is 0.217. The molecule has 0 amide bonds. The Hall–Kier alpha value is -3.24. The van der Waals surface area contributed by atoms with Crippen molar-refractivity contribution in [2.45, 2.75) is 17.9 Å². The maximum Gasteiger partial charge on any atom is 0.175 e. The molecule has 0 aliphatic carbocycles. The van der Waals surface area contributed by atoms with Crippen molar-refractivity contribution in [2.24, 2.45) is 0 Å². The summed E-state index contributed by atoms with van der Waals surface area (Å²) in [6.07, 6.45) is 2.93. The van der Waals surface area contributed by atoms with Crippen molar-refractivity contribution < 1.29 is 13.2 Å². The highest BCUT2D eigenvalue weighted by Crippen LogP contribution is 2.30. The Kier molecular flexibility index (Phi) is 4.75. The van der Waals surface area contributed by atoms with Crippen molar-refractivity contribution in [3.63, 3.8) is 0 Å². The molecule has 9 nitrogen and oxygen atoms in total. The fraction of sp³-hybridized carbons (Fsp3) is 0.286. The molecule has 1 aliphatic rings. The number of H-pyrrole nitrogens is 1. The van der Waals surface area contributed by atoms with E-state index in [0.29, 0.717) is 35.8 Å². The minimum atomic E-state index is -3.34. The lowest BCUT2D eigenvalue weighted by atomic mass is 10.2. The number of rotatable bonds is 4. The van der Waals surface area contributed by atoms with E-state index in [1.165, 1.54) is 6.26 Å². The van der Waals surface area contributed by atoms with Crippen molar-refractivity contribution in [3.05, 3.63) is 48.7 Å². The first-order chi connectivity index (χ1) is 14.9. The molecule has 10 heteroatoms. The fourth-order valence-corrected chi connectivity index (χ4v) is 4.48. The van der Waals surface area contributed by atoms with E-state index < -0.39 is 9.84 Å². The average molecular weight is 439 g/mol. The third-order valence-corrected chi connectivity index (χ3v) is 6.52. The highest BCUT2D eigenvalue weighted by Gasteiger charge is 2.23. The molecule has 1 atom stereocenters. The van der Waals surface area contributed by atoms with Crippen molar-refractivity contribution in [1.29, 1.82) is 0 Å². The van der Waals surface area contributed by atoms with Crippen LogP contribution in [0.3, 0.4) is 0 Å². The summed E-state index contributed by atoms with van der Waals surface area (Å²) in [4.78, 5) is 7.40. The molecule has 31 heavy (non-hydrogen) atoms. The standard InChI is InChI=1S/C21H22N6O3S/c1-14-13-30-11-10-26(14)19-7-6-18-21(23-19)20(17-8-9-22-24-17)25-27(18)15-4-3-5-16(12-15)31(2,28)29/h3-9,12,14H,10-11,13H2,1-2H3,(H,22,24)/t14-/m1/s1. The molecule has 0 saturated carbocycles. The number of pyridine rings is 1. The Balaban J connectivity index is 1.70. The van der Waals surface area contributed by atoms with Gasteiger partial charge < -0.3 is 9.64 Å². The van der Waals surface area contributed by atoms with Crippen molar-refractivity contribution >= 4 is 26.7 Å². The Morgan fingerprint density at radius 3 is 2.81 bits per heavy atom. The summed E-state index contributed by atoms with van der Waals surface area (Å²) in [5.41, 5.74) is 3.41. The zero-order chi connectivity index (χ0) is 21.6. The van der Waals surface area contributed by atoms with Crippen LogP contribution in [0.25, 0.3) is 28.1 Å². The first-order valence-electron chi connectivity index (χ1n) is 9.96. The number of ether oxygens (including phenoxy) is 1. The van der Waals surface area contributed by atoms with Crippen molar-refractivity contribution in [3.8, 4) is 17.1 Å². The van der Waals surface area contributed by atoms with Gasteiger partial charge in [-0.2, -0.15) is 10.2 Å². The first-order valence-corrected chi connectivity index (χ1v) is 11.9. The number of hydrogen-bond acceptors (Lipinski definition) is 7. The van der Waals surface area contributed by atoms with Crippen LogP contribution in [0.5, 0.6) is 0 Å². The summed E-state index contributed by atoms with van der Waals surface area (Å²) in [5, 5.41) is 11.9. The largest absolute Gasteiger partial charge is 0.377 e. The van der Waals surface area contributed by atoms with Gasteiger partial charge in [0, 0.05) is 19.0 Å². The van der Waals surface area contributed by atoms with Crippen LogP contribution in [-0.4, -0.2) is 65.4 Å². The highest BCUT2D eigenvalue weighted by atomic mass is 32.2. The zero-order valence-electron chi connectivity index (χ0n) is 17.2. The zero-order valence-corrected chi connectivity index (χ0v) is 18.0. The lowest BCUT2D eigenvalue weighted by Crippen LogP contribution is -2.44. The van der Waals surface area contributed by atoms with Gasteiger partial charge in [-0.25, -0.2) is 18.1 Å². The predicted octanol–water partition coefficient (Wildman–Crippen LogP) is 2.44. The Labute approximate surface area is 179 Å². The molecule has 1 aromatic carbocycles. The van der Waals surface area contributed by atoms with Crippen LogP contribution in [0.2, 0.25) is 0 Å². The molecule has 0 spiro atoms. The molecule has 4 heterocycles. The number of hydrogen-bond donors (Lipinski definition) is 1. The van der Waals surface area contributed by atoms with E-state index in [0.717, 1.165) is 17.9 Å². The molecular weight excluding hydrogens is 416 g/mol. The van der Waals surface area contributed by atoms with Gasteiger partial charge in [-0.15, -0.1) is 0 Å². The summed E-state index contributed by atoms with van der Waals surface area (Å²) in [6.45, 7) is 4.19. The van der Waals surface area contributed by atoms with E-state index >= 15 is 0 Å². The van der Waals surface area contributed by atoms with Crippen LogP contribution >= 0.6 is 0 Å². The maximum absolute atomic E-state index is 12.1. The lowest BCUT2D eigenvalue weighted by molar-refractivity contribution is 0.0986. The maximum atomic E-state index is 12.1. The van der Waals surface area contributed by atoms with E-state index in [-0.39, 0.29) is 10.9 Å². The van der Waals surface area contributed by atoms with Gasteiger partial charge in [-0.05, 0) is 43.3 Å². The molecule has 1 aliphatic heterocycles. The minimum Gasteiger partial charge on any atom is -0.377 e. The number of nitrogens with zero attached hydrogens (tertiary/aromatic N) is 5. The van der Waals surface area contributed by atoms with E-state index in [4.69, 9.17) is 14.8 Å². The smallest absolute Gasteiger partial charge is 0.175 e. The third-order valence-electron chi connectivity index (χ3n) is 5.41. The second kappa shape index (κ2) is 7.47. The SMILES string of the molecule is C[C@@H]1COCCN1c1ccc2c(n1)c(-c1cc[nH]n1)nn2-c1cccc(S(C)(=O)=O)c1. The number of sulfone groups is 1. The van der Waals surface area contributed by atoms with Crippen LogP contribution in [0, 0.1) is 0 Å². The molecule has 0 bridgehead atoms. The van der Waals surface area contributed by atoms with E-state index in [9.17, 15) is 8.42 Å². The van der Waals surface area contributed by atoms with Crippen LogP contribution in [0.15, 0.2) is 53.6 Å². The highest BCUT2D eigenvalue weighted by molar-refractivity contribution is 7.90. The van der Waals surface area contributed by atoms with Gasteiger partial charge in [0.15, 0.2) is 9.84 Å². The summed E-state index contributed by atoms with van der Waals surface area (Å²) in [5.74, 6) is 0.851. The number of morpholine rings is 1. The first kappa shape index (κ1) is 19.7. The second-order valence-electron chi connectivity index (χ2n) is 7.64. The molecule has 1 fully saturated rings. The fourth-order valence-electron chi connectivity index (χ4n) is 3.82. The molecule has 3 aromatic heterocycles. The summed E-state index contributed by atoms with van der Waals surface area (Å²) < 4.78 is 31.4. The van der Waals surface area contributed by atoms with Gasteiger partial charge in [0.25, 0.3) is 0 Å². The van der Waals surface area contributed by atoms with Gasteiger partial charge in [0.05, 0.1) is 35.4 Å². The van der Waals surface area contributed by atoms with Crippen LogP contribution in [-0.2, 0) is 14.6 Å². The lowest BCUT2D eigenvalue weighted by Gasteiger charge is -2.34. The van der Waals surface area contributed by atoms with Crippen LogP contribution in [0.4, 0.5) is 5.82 Å². The topological polar surface area (TPSA) is 106 Å². The number of fused-ring (bicyclic) bond motifs is 1. The molecular formula is C21H22N6O3S. The number of aromatic nitrogens is 5. The monoisotopic (exact) mass is 438 g/mol. The Morgan fingerprint density at radius 2 is 2.06 bits per heavy atom.